The fraction of sp³-hybridized carbons (Fsp3) is 0.923. The summed E-state index contributed by atoms with van der Waals surface area (Å²) in [5.41, 5.74) is 0. The van der Waals surface area contributed by atoms with E-state index in [-0.39, 0.29) is 5.75 Å². The van der Waals surface area contributed by atoms with Gasteiger partial charge in [-0.15, -0.1) is 0 Å². The quantitative estimate of drug-likeness (QED) is 0.718. The molecule has 0 saturated heterocycles. The highest BCUT2D eigenvalue weighted by atomic mass is 32.2. The molecule has 0 aliphatic heterocycles. The van der Waals surface area contributed by atoms with Crippen LogP contribution in [0.5, 0.6) is 0 Å². The Morgan fingerprint density at radius 1 is 1.28 bits per heavy atom. The van der Waals surface area contributed by atoms with Gasteiger partial charge in [0.25, 0.3) is 0 Å². The highest BCUT2D eigenvalue weighted by molar-refractivity contribution is 7.92. The van der Waals surface area contributed by atoms with Crippen molar-refractivity contribution in [2.75, 3.05) is 18.8 Å². The molecular weight excluding hydrogens is 248 g/mol. The van der Waals surface area contributed by atoms with Crippen molar-refractivity contribution >= 4 is 9.84 Å². The van der Waals surface area contributed by atoms with Gasteiger partial charge in [0.15, 0.2) is 9.84 Å². The third kappa shape index (κ3) is 3.96. The maximum atomic E-state index is 12.1. The standard InChI is InChI=1S/C13H24N2O2S/c1-13(2,3)18(16,17)11-10-15(9-8-14)12-6-4-5-7-12/h12H,4-7,9-11H2,1-3H3. The molecule has 0 aromatic heterocycles. The molecule has 18 heavy (non-hydrogen) atoms. The lowest BCUT2D eigenvalue weighted by Gasteiger charge is -2.27. The smallest absolute Gasteiger partial charge is 0.156 e. The largest absolute Gasteiger partial charge is 0.287 e. The SMILES string of the molecule is CC(C)(C)S(=O)(=O)CCN(CC#N)C1CCCC1. The fourth-order valence-electron chi connectivity index (χ4n) is 2.29. The van der Waals surface area contributed by atoms with Crippen LogP contribution in [0.2, 0.25) is 0 Å². The van der Waals surface area contributed by atoms with E-state index in [2.05, 4.69) is 6.07 Å². The molecule has 1 aliphatic carbocycles. The Morgan fingerprint density at radius 3 is 2.28 bits per heavy atom. The van der Waals surface area contributed by atoms with Crippen LogP contribution in [-0.2, 0) is 9.84 Å². The van der Waals surface area contributed by atoms with Crippen molar-refractivity contribution < 1.29 is 8.42 Å². The van der Waals surface area contributed by atoms with Gasteiger partial charge in [-0.1, -0.05) is 12.8 Å². The van der Waals surface area contributed by atoms with Crippen LogP contribution in [0.15, 0.2) is 0 Å². The maximum Gasteiger partial charge on any atom is 0.156 e. The van der Waals surface area contributed by atoms with E-state index in [0.717, 1.165) is 12.8 Å². The molecule has 0 amide bonds. The molecule has 0 unspecified atom stereocenters. The Morgan fingerprint density at radius 2 is 1.83 bits per heavy atom. The summed E-state index contributed by atoms with van der Waals surface area (Å²) >= 11 is 0. The molecule has 0 aromatic rings. The zero-order valence-corrected chi connectivity index (χ0v) is 12.5. The summed E-state index contributed by atoms with van der Waals surface area (Å²) in [7, 11) is -3.09. The van der Waals surface area contributed by atoms with Gasteiger partial charge in [0.2, 0.25) is 0 Å². The molecule has 0 spiro atoms. The van der Waals surface area contributed by atoms with Crippen molar-refractivity contribution in [1.29, 1.82) is 5.26 Å². The normalized spacial score (nSPS) is 18.2. The van der Waals surface area contributed by atoms with Crippen LogP contribution >= 0.6 is 0 Å². The van der Waals surface area contributed by atoms with E-state index >= 15 is 0 Å². The average molecular weight is 272 g/mol. The minimum Gasteiger partial charge on any atom is -0.287 e. The minimum atomic E-state index is -3.09. The van der Waals surface area contributed by atoms with E-state index in [9.17, 15) is 8.42 Å². The highest BCUT2D eigenvalue weighted by Crippen LogP contribution is 2.24. The summed E-state index contributed by atoms with van der Waals surface area (Å²) in [5, 5.41) is 8.85. The van der Waals surface area contributed by atoms with Gasteiger partial charge in [0.1, 0.15) is 0 Å². The molecule has 0 atom stereocenters. The van der Waals surface area contributed by atoms with E-state index in [4.69, 9.17) is 5.26 Å². The van der Waals surface area contributed by atoms with Crippen molar-refractivity contribution in [1.82, 2.24) is 4.90 Å². The second-order valence-electron chi connectivity index (χ2n) is 6.00. The number of nitriles is 1. The number of nitrogens with zero attached hydrogens (tertiary/aromatic N) is 2. The zero-order valence-electron chi connectivity index (χ0n) is 11.6. The number of hydrogen-bond acceptors (Lipinski definition) is 4. The summed E-state index contributed by atoms with van der Waals surface area (Å²) in [6.07, 6.45) is 4.58. The van der Waals surface area contributed by atoms with Crippen molar-refractivity contribution in [2.45, 2.75) is 57.2 Å². The van der Waals surface area contributed by atoms with Gasteiger partial charge in [-0.2, -0.15) is 5.26 Å². The second kappa shape index (κ2) is 6.03. The van der Waals surface area contributed by atoms with Gasteiger partial charge in [-0.3, -0.25) is 4.90 Å². The van der Waals surface area contributed by atoms with Crippen LogP contribution < -0.4 is 0 Å². The first-order valence-corrected chi connectivity index (χ1v) is 8.26. The van der Waals surface area contributed by atoms with Gasteiger partial charge in [-0.25, -0.2) is 8.42 Å². The van der Waals surface area contributed by atoms with Crippen molar-refractivity contribution in [3.63, 3.8) is 0 Å². The molecule has 4 nitrogen and oxygen atoms in total. The minimum absolute atomic E-state index is 0.147. The first kappa shape index (κ1) is 15.5. The zero-order chi connectivity index (χ0) is 13.8. The molecular formula is C13H24N2O2S. The van der Waals surface area contributed by atoms with Crippen molar-refractivity contribution in [3.05, 3.63) is 0 Å². The number of hydrogen-bond donors (Lipinski definition) is 0. The summed E-state index contributed by atoms with van der Waals surface area (Å²) < 4.78 is 23.4. The lowest BCUT2D eigenvalue weighted by atomic mass is 10.2. The molecule has 104 valence electrons. The summed E-state index contributed by atoms with van der Waals surface area (Å²) in [6, 6.07) is 2.55. The third-order valence-corrected chi connectivity index (χ3v) is 6.28. The molecule has 1 fully saturated rings. The Hall–Kier alpha value is -0.600. The Kier molecular flexibility index (Phi) is 5.18. The summed E-state index contributed by atoms with van der Waals surface area (Å²) in [6.45, 7) is 6.01. The van der Waals surface area contributed by atoms with Crippen molar-refractivity contribution in [3.8, 4) is 6.07 Å². The lowest BCUT2D eigenvalue weighted by molar-refractivity contribution is 0.235. The van der Waals surface area contributed by atoms with Gasteiger partial charge in [0, 0.05) is 12.6 Å². The molecule has 1 aliphatic rings. The van der Waals surface area contributed by atoms with Crippen LogP contribution in [-0.4, -0.2) is 42.9 Å². The van der Waals surface area contributed by atoms with Gasteiger partial charge in [0.05, 0.1) is 23.1 Å². The lowest BCUT2D eigenvalue weighted by Crippen LogP contribution is -2.40. The molecule has 0 aromatic carbocycles. The highest BCUT2D eigenvalue weighted by Gasteiger charge is 2.30. The Bertz CT molecular complexity index is 398. The summed E-state index contributed by atoms with van der Waals surface area (Å²) in [4.78, 5) is 2.04. The van der Waals surface area contributed by atoms with Crippen molar-refractivity contribution in [2.24, 2.45) is 0 Å². The molecule has 1 saturated carbocycles. The predicted octanol–water partition coefficient (Wildman–Crippen LogP) is 1.97. The molecule has 0 bridgehead atoms. The average Bonchev–Trinajstić information content (AvgIpc) is 2.75. The number of rotatable bonds is 5. The van der Waals surface area contributed by atoms with Crippen LogP contribution in [0.4, 0.5) is 0 Å². The van der Waals surface area contributed by atoms with Crippen LogP contribution in [0, 0.1) is 11.3 Å². The molecule has 5 heteroatoms. The molecule has 0 N–H and O–H groups in total. The fourth-order valence-corrected chi connectivity index (χ4v) is 3.38. The molecule has 0 heterocycles. The summed E-state index contributed by atoms with van der Waals surface area (Å²) in [5.74, 6) is 0.147. The van der Waals surface area contributed by atoms with E-state index in [0.29, 0.717) is 19.1 Å². The van der Waals surface area contributed by atoms with Crippen LogP contribution in [0.1, 0.15) is 46.5 Å². The first-order valence-electron chi connectivity index (χ1n) is 6.61. The van der Waals surface area contributed by atoms with Gasteiger partial charge < -0.3 is 0 Å². The monoisotopic (exact) mass is 272 g/mol. The Labute approximate surface area is 111 Å². The topological polar surface area (TPSA) is 61.2 Å². The van der Waals surface area contributed by atoms with E-state index in [1.165, 1.54) is 12.8 Å². The molecule has 1 rings (SSSR count). The second-order valence-corrected chi connectivity index (χ2v) is 8.86. The maximum absolute atomic E-state index is 12.1. The Balaban J connectivity index is 2.60. The van der Waals surface area contributed by atoms with E-state index in [1.54, 1.807) is 20.8 Å². The third-order valence-electron chi connectivity index (χ3n) is 3.70. The van der Waals surface area contributed by atoms with E-state index in [1.807, 2.05) is 4.90 Å². The van der Waals surface area contributed by atoms with Crippen LogP contribution in [0.25, 0.3) is 0 Å². The van der Waals surface area contributed by atoms with Crippen LogP contribution in [0.3, 0.4) is 0 Å². The van der Waals surface area contributed by atoms with E-state index < -0.39 is 14.6 Å². The van der Waals surface area contributed by atoms with Gasteiger partial charge in [-0.05, 0) is 33.6 Å². The van der Waals surface area contributed by atoms with Gasteiger partial charge >= 0.3 is 0 Å². The molecule has 0 radical (unpaired) electrons. The first-order chi connectivity index (χ1) is 8.28. The predicted molar refractivity (Wildman–Crippen MR) is 73.0 cm³/mol. The number of sulfone groups is 1.